The Labute approximate surface area is 186 Å². The summed E-state index contributed by atoms with van der Waals surface area (Å²) in [7, 11) is 0. The van der Waals surface area contributed by atoms with Gasteiger partial charge in [0.25, 0.3) is 5.91 Å². The maximum atomic E-state index is 12.8. The molecule has 6 heteroatoms. The number of benzene rings is 3. The van der Waals surface area contributed by atoms with Gasteiger partial charge in [-0.25, -0.2) is 4.79 Å². The van der Waals surface area contributed by atoms with E-state index in [-0.39, 0.29) is 11.9 Å². The van der Waals surface area contributed by atoms with Crippen molar-refractivity contribution in [3.8, 4) is 5.75 Å². The molecule has 0 heterocycles. The second kappa shape index (κ2) is 11.2. The van der Waals surface area contributed by atoms with E-state index < -0.39 is 0 Å². The Morgan fingerprint density at radius 1 is 0.871 bits per heavy atom. The summed E-state index contributed by atoms with van der Waals surface area (Å²) in [5, 5.41) is 2.87. The minimum Gasteiger partial charge on any atom is -0.494 e. The SMILES string of the molecule is CCOC(=O)c1ccc(NC(=O)c2ccc(OCC)c(CSc3ccccc3)c2)cc1. The van der Waals surface area contributed by atoms with Crippen molar-refractivity contribution in [2.45, 2.75) is 24.5 Å². The van der Waals surface area contributed by atoms with E-state index in [9.17, 15) is 9.59 Å². The van der Waals surface area contributed by atoms with Crippen molar-refractivity contribution in [3.05, 3.63) is 89.5 Å². The van der Waals surface area contributed by atoms with Gasteiger partial charge in [0.15, 0.2) is 0 Å². The average Bonchev–Trinajstić information content (AvgIpc) is 2.80. The fourth-order valence-corrected chi connectivity index (χ4v) is 3.81. The van der Waals surface area contributed by atoms with Crippen LogP contribution in [0, 0.1) is 0 Å². The van der Waals surface area contributed by atoms with Crippen LogP contribution in [0.1, 0.15) is 40.1 Å². The molecule has 1 N–H and O–H groups in total. The van der Waals surface area contributed by atoms with Crippen LogP contribution < -0.4 is 10.1 Å². The smallest absolute Gasteiger partial charge is 0.338 e. The summed E-state index contributed by atoms with van der Waals surface area (Å²) in [6.45, 7) is 4.58. The Balaban J connectivity index is 1.72. The van der Waals surface area contributed by atoms with Gasteiger partial charge in [0, 0.05) is 27.5 Å². The van der Waals surface area contributed by atoms with Gasteiger partial charge in [0.1, 0.15) is 5.75 Å². The van der Waals surface area contributed by atoms with Gasteiger partial charge in [-0.1, -0.05) is 18.2 Å². The first kappa shape index (κ1) is 22.4. The molecule has 0 bridgehead atoms. The summed E-state index contributed by atoms with van der Waals surface area (Å²) in [5.74, 6) is 0.862. The topological polar surface area (TPSA) is 64.6 Å². The second-order valence-corrected chi connectivity index (χ2v) is 7.66. The average molecular weight is 436 g/mol. The van der Waals surface area contributed by atoms with Crippen LogP contribution in [0.25, 0.3) is 0 Å². The highest BCUT2D eigenvalue weighted by Gasteiger charge is 2.12. The number of anilines is 1. The number of carbonyl (C=O) groups is 2. The lowest BCUT2D eigenvalue weighted by Gasteiger charge is -2.13. The van der Waals surface area contributed by atoms with E-state index in [1.807, 2.05) is 37.3 Å². The highest BCUT2D eigenvalue weighted by Crippen LogP contribution is 2.29. The summed E-state index contributed by atoms with van der Waals surface area (Å²) >= 11 is 1.69. The zero-order valence-electron chi connectivity index (χ0n) is 17.6. The van der Waals surface area contributed by atoms with Crippen molar-refractivity contribution in [3.63, 3.8) is 0 Å². The van der Waals surface area contributed by atoms with E-state index in [1.165, 1.54) is 0 Å². The van der Waals surface area contributed by atoms with Crippen LogP contribution in [-0.4, -0.2) is 25.1 Å². The molecule has 3 aromatic rings. The molecular formula is C25H25NO4S. The zero-order chi connectivity index (χ0) is 22.1. The molecular weight excluding hydrogens is 410 g/mol. The molecule has 0 atom stereocenters. The normalized spacial score (nSPS) is 10.4. The van der Waals surface area contributed by atoms with E-state index >= 15 is 0 Å². The van der Waals surface area contributed by atoms with Gasteiger partial charge in [-0.15, -0.1) is 11.8 Å². The summed E-state index contributed by atoms with van der Waals surface area (Å²) in [4.78, 5) is 25.7. The lowest BCUT2D eigenvalue weighted by molar-refractivity contribution is 0.0526. The molecule has 0 spiro atoms. The molecule has 0 radical (unpaired) electrons. The number of amides is 1. The van der Waals surface area contributed by atoms with E-state index in [1.54, 1.807) is 49.0 Å². The molecule has 5 nitrogen and oxygen atoms in total. The zero-order valence-corrected chi connectivity index (χ0v) is 18.4. The van der Waals surface area contributed by atoms with E-state index in [4.69, 9.17) is 9.47 Å². The lowest BCUT2D eigenvalue weighted by Crippen LogP contribution is -2.13. The number of esters is 1. The molecule has 1 amide bonds. The number of nitrogens with one attached hydrogen (secondary N) is 1. The predicted octanol–water partition coefficient (Wildman–Crippen LogP) is 5.81. The molecule has 31 heavy (non-hydrogen) atoms. The Kier molecular flexibility index (Phi) is 8.12. The third-order valence-corrected chi connectivity index (χ3v) is 5.47. The molecule has 160 valence electrons. The van der Waals surface area contributed by atoms with Crippen molar-refractivity contribution < 1.29 is 19.1 Å². The molecule has 0 aliphatic rings. The third kappa shape index (κ3) is 6.36. The fraction of sp³-hybridized carbons (Fsp3) is 0.200. The largest absolute Gasteiger partial charge is 0.494 e. The predicted molar refractivity (Wildman–Crippen MR) is 124 cm³/mol. The minimum atomic E-state index is -0.382. The number of ether oxygens (including phenoxy) is 2. The van der Waals surface area contributed by atoms with Crippen LogP contribution in [0.3, 0.4) is 0 Å². The molecule has 0 aromatic heterocycles. The van der Waals surface area contributed by atoms with Gasteiger partial charge in [-0.3, -0.25) is 4.79 Å². The van der Waals surface area contributed by atoms with Gasteiger partial charge in [-0.05, 0) is 68.4 Å². The maximum absolute atomic E-state index is 12.8. The van der Waals surface area contributed by atoms with Gasteiger partial charge < -0.3 is 14.8 Å². The number of rotatable bonds is 9. The first-order valence-electron chi connectivity index (χ1n) is 10.1. The monoisotopic (exact) mass is 435 g/mol. The quantitative estimate of drug-likeness (QED) is 0.340. The molecule has 0 saturated heterocycles. The Bertz CT molecular complexity index is 1020. The molecule has 0 aliphatic carbocycles. The van der Waals surface area contributed by atoms with Crippen LogP contribution >= 0.6 is 11.8 Å². The van der Waals surface area contributed by atoms with Crippen LogP contribution in [-0.2, 0) is 10.5 Å². The third-order valence-electron chi connectivity index (χ3n) is 4.41. The fourth-order valence-electron chi connectivity index (χ4n) is 2.91. The van der Waals surface area contributed by atoms with Crippen LogP contribution in [0.5, 0.6) is 5.75 Å². The highest BCUT2D eigenvalue weighted by atomic mass is 32.2. The molecule has 0 aliphatic heterocycles. The molecule has 0 saturated carbocycles. The standard InChI is InChI=1S/C25H25NO4S/c1-3-29-23-15-12-19(16-20(23)17-31-22-8-6-5-7-9-22)24(27)26-21-13-10-18(11-14-21)25(28)30-4-2/h5-16H,3-4,17H2,1-2H3,(H,26,27). The highest BCUT2D eigenvalue weighted by molar-refractivity contribution is 7.98. The maximum Gasteiger partial charge on any atom is 0.338 e. The number of thioether (sulfide) groups is 1. The number of carbonyl (C=O) groups excluding carboxylic acids is 2. The van der Waals surface area contributed by atoms with Crippen molar-refractivity contribution in [1.29, 1.82) is 0 Å². The van der Waals surface area contributed by atoms with Crippen molar-refractivity contribution in [2.75, 3.05) is 18.5 Å². The Morgan fingerprint density at radius 3 is 2.26 bits per heavy atom. The van der Waals surface area contributed by atoms with Crippen LogP contribution in [0.4, 0.5) is 5.69 Å². The van der Waals surface area contributed by atoms with Gasteiger partial charge >= 0.3 is 5.97 Å². The molecule has 3 rings (SSSR count). The van der Waals surface area contributed by atoms with Gasteiger partial charge in [0.2, 0.25) is 0 Å². The van der Waals surface area contributed by atoms with Crippen molar-refractivity contribution >= 4 is 29.3 Å². The van der Waals surface area contributed by atoms with Gasteiger partial charge in [0.05, 0.1) is 18.8 Å². The molecule has 0 unspecified atom stereocenters. The minimum absolute atomic E-state index is 0.224. The van der Waals surface area contributed by atoms with E-state index in [2.05, 4.69) is 17.4 Å². The van der Waals surface area contributed by atoms with Crippen molar-refractivity contribution in [1.82, 2.24) is 0 Å². The first-order valence-corrected chi connectivity index (χ1v) is 11.1. The Morgan fingerprint density at radius 2 is 1.58 bits per heavy atom. The Hall–Kier alpha value is -3.25. The summed E-state index contributed by atoms with van der Waals surface area (Å²) in [5.41, 5.74) is 2.55. The summed E-state index contributed by atoms with van der Waals surface area (Å²) in [6, 6.07) is 22.2. The number of hydrogen-bond donors (Lipinski definition) is 1. The summed E-state index contributed by atoms with van der Waals surface area (Å²) < 4.78 is 10.7. The molecule has 3 aromatic carbocycles. The first-order chi connectivity index (χ1) is 15.1. The number of hydrogen-bond acceptors (Lipinski definition) is 5. The summed E-state index contributed by atoms with van der Waals surface area (Å²) in [6.07, 6.45) is 0. The van der Waals surface area contributed by atoms with Crippen molar-refractivity contribution in [2.24, 2.45) is 0 Å². The lowest BCUT2D eigenvalue weighted by atomic mass is 10.1. The van der Waals surface area contributed by atoms with E-state index in [0.29, 0.717) is 35.8 Å². The van der Waals surface area contributed by atoms with E-state index in [0.717, 1.165) is 16.2 Å². The van der Waals surface area contributed by atoms with Crippen LogP contribution in [0.15, 0.2) is 77.7 Å². The van der Waals surface area contributed by atoms with Crippen LogP contribution in [0.2, 0.25) is 0 Å². The molecule has 0 fully saturated rings. The second-order valence-electron chi connectivity index (χ2n) is 6.61. The van der Waals surface area contributed by atoms with Gasteiger partial charge in [-0.2, -0.15) is 0 Å².